The van der Waals surface area contributed by atoms with E-state index in [0.717, 1.165) is 0 Å². The third kappa shape index (κ3) is 66.6. The van der Waals surface area contributed by atoms with E-state index in [-0.39, 0.29) is 89.3 Å². The number of halogens is 3. The molecule has 0 aromatic heterocycles. The first-order valence-electron chi connectivity index (χ1n) is 0.983. The van der Waals surface area contributed by atoms with Crippen molar-refractivity contribution < 1.29 is 76.1 Å². The first kappa shape index (κ1) is 30.7. The molecule has 1 nitrogen and oxygen atoms in total. The van der Waals surface area contributed by atoms with Crippen LogP contribution in [0.4, 0.5) is 0 Å². The fourth-order valence-corrected chi connectivity index (χ4v) is 0. The summed E-state index contributed by atoms with van der Waals surface area (Å²) in [7, 11) is -0.611. The van der Waals surface area contributed by atoms with Gasteiger partial charge in [-0.1, -0.05) is 0 Å². The van der Waals surface area contributed by atoms with Crippen LogP contribution in [0.1, 0.15) is 0 Å². The van der Waals surface area contributed by atoms with Crippen molar-refractivity contribution >= 4 is 28.2 Å². The van der Waals surface area contributed by atoms with Crippen LogP contribution in [-0.4, -0.2) is 34.1 Å². The minimum atomic E-state index is -0.611. The molecule has 6 heteroatoms. The average molecular weight is 486 g/mol. The number of rotatable bonds is 0. The van der Waals surface area contributed by atoms with Gasteiger partial charge in [0.25, 0.3) is 0 Å². The minimum absolute atomic E-state index is 0. The van der Waals surface area contributed by atoms with Crippen molar-refractivity contribution in [3.63, 3.8) is 0 Å². The number of hydrogen-bond acceptors (Lipinski definition) is 1. The Hall–Kier alpha value is 2.87. The molecule has 0 aromatic carbocycles. The van der Waals surface area contributed by atoms with Crippen molar-refractivity contribution in [3.8, 4) is 0 Å². The molecule has 0 atom stereocenters. The standard InChI is InChI=1S/C2H6OS.Al.3HI/c1-4(2)3;;;;/h1-2H3;;3*1H/q;+3;;;/p-3. The predicted molar refractivity (Wildman–Crippen MR) is 25.7 cm³/mol. The van der Waals surface area contributed by atoms with Crippen molar-refractivity contribution in [1.29, 1.82) is 0 Å². The van der Waals surface area contributed by atoms with Crippen LogP contribution >= 0.6 is 0 Å². The van der Waals surface area contributed by atoms with Gasteiger partial charge in [-0.2, -0.15) is 0 Å². The summed E-state index contributed by atoms with van der Waals surface area (Å²) in [4.78, 5) is 0. The second-order valence-electron chi connectivity index (χ2n) is 0.742. The zero-order valence-corrected chi connectivity index (χ0v) is 13.0. The van der Waals surface area contributed by atoms with E-state index in [0.29, 0.717) is 0 Å². The van der Waals surface area contributed by atoms with E-state index in [9.17, 15) is 4.21 Å². The summed E-state index contributed by atoms with van der Waals surface area (Å²) in [6.45, 7) is 0. The van der Waals surface area contributed by atoms with E-state index >= 15 is 0 Å². The second-order valence-corrected chi connectivity index (χ2v) is 2.22. The van der Waals surface area contributed by atoms with Gasteiger partial charge in [-0.25, -0.2) is 0 Å². The molecule has 0 aliphatic carbocycles. The Morgan fingerprint density at radius 2 is 1.00 bits per heavy atom. The zero-order chi connectivity index (χ0) is 3.58. The van der Waals surface area contributed by atoms with E-state index in [4.69, 9.17) is 0 Å². The van der Waals surface area contributed by atoms with Gasteiger partial charge in [0.2, 0.25) is 0 Å². The summed E-state index contributed by atoms with van der Waals surface area (Å²) in [5.41, 5.74) is 0. The molecule has 0 aliphatic rings. The van der Waals surface area contributed by atoms with Crippen LogP contribution in [0, 0.1) is 0 Å². The maximum atomic E-state index is 9.56. The maximum absolute atomic E-state index is 9.56. The first-order valence-corrected chi connectivity index (χ1v) is 2.95. The minimum Gasteiger partial charge on any atom is -1.00 e. The van der Waals surface area contributed by atoms with Crippen molar-refractivity contribution in [2.45, 2.75) is 0 Å². The SMILES string of the molecule is CS(C)=O.[Al+3].[I-].[I-].[I-]. The normalized spacial score (nSPS) is 4.38. The van der Waals surface area contributed by atoms with E-state index in [1.54, 1.807) is 12.5 Å². The molecule has 0 radical (unpaired) electrons. The predicted octanol–water partition coefficient (Wildman–Crippen LogP) is -9.37. The maximum Gasteiger partial charge on any atom is 3.00 e. The van der Waals surface area contributed by atoms with E-state index in [1.807, 2.05) is 0 Å². The zero-order valence-electron chi connectivity index (χ0n) is 4.53. The molecule has 0 amide bonds. The van der Waals surface area contributed by atoms with Crippen LogP contribution < -0.4 is 71.9 Å². The average Bonchev–Trinajstić information content (AvgIpc) is 0.811. The van der Waals surface area contributed by atoms with Gasteiger partial charge in [0, 0.05) is 23.3 Å². The fraction of sp³-hybridized carbons (Fsp3) is 1.00. The molecule has 0 rings (SSSR count). The molecule has 0 saturated heterocycles. The van der Waals surface area contributed by atoms with Crippen LogP contribution in [0.25, 0.3) is 0 Å². The molecule has 8 heavy (non-hydrogen) atoms. The van der Waals surface area contributed by atoms with Crippen LogP contribution in [0.5, 0.6) is 0 Å². The van der Waals surface area contributed by atoms with Crippen LogP contribution in [0.3, 0.4) is 0 Å². The Bertz CT molecular complexity index is 40.3. The molecule has 0 spiro atoms. The summed E-state index contributed by atoms with van der Waals surface area (Å²) in [6.07, 6.45) is 3.28. The van der Waals surface area contributed by atoms with Crippen molar-refractivity contribution in [2.75, 3.05) is 12.5 Å². The summed E-state index contributed by atoms with van der Waals surface area (Å²) in [5, 5.41) is 0. The molecule has 0 N–H and O–H groups in total. The third-order valence-corrected chi connectivity index (χ3v) is 0. The Labute approximate surface area is 115 Å². The van der Waals surface area contributed by atoms with Crippen molar-refractivity contribution in [3.05, 3.63) is 0 Å². The second kappa shape index (κ2) is 22.5. The Morgan fingerprint density at radius 3 is 1.00 bits per heavy atom. The molecule has 0 aromatic rings. The summed E-state index contributed by atoms with van der Waals surface area (Å²) >= 11 is 0. The van der Waals surface area contributed by atoms with Gasteiger partial charge in [-0.3, -0.25) is 4.21 Å². The fourth-order valence-electron chi connectivity index (χ4n) is 0. The smallest absolute Gasteiger partial charge is 1.00 e. The molecular weight excluding hydrogens is 480 g/mol. The van der Waals surface area contributed by atoms with E-state index in [1.165, 1.54) is 0 Å². The summed E-state index contributed by atoms with van der Waals surface area (Å²) < 4.78 is 9.56. The molecule has 0 aliphatic heterocycles. The van der Waals surface area contributed by atoms with Gasteiger partial charge >= 0.3 is 17.4 Å². The molecule has 0 saturated carbocycles. The van der Waals surface area contributed by atoms with E-state index < -0.39 is 10.8 Å². The first-order chi connectivity index (χ1) is 1.73. The van der Waals surface area contributed by atoms with Crippen LogP contribution in [-0.2, 0) is 10.8 Å². The molecule has 0 fully saturated rings. The summed E-state index contributed by atoms with van der Waals surface area (Å²) in [5.74, 6) is 0. The molecule has 50 valence electrons. The molecule has 0 unspecified atom stereocenters. The van der Waals surface area contributed by atoms with Crippen LogP contribution in [0.15, 0.2) is 0 Å². The van der Waals surface area contributed by atoms with E-state index in [2.05, 4.69) is 0 Å². The Morgan fingerprint density at radius 1 is 1.00 bits per heavy atom. The Kier molecular flexibility index (Phi) is 86.6. The topological polar surface area (TPSA) is 17.1 Å². The number of hydrogen-bond donors (Lipinski definition) is 0. The molecule has 0 heterocycles. The largest absolute Gasteiger partial charge is 3.00 e. The van der Waals surface area contributed by atoms with Gasteiger partial charge in [0.15, 0.2) is 0 Å². The van der Waals surface area contributed by atoms with Crippen LogP contribution in [0.2, 0.25) is 0 Å². The van der Waals surface area contributed by atoms with Crippen molar-refractivity contribution in [2.24, 2.45) is 0 Å². The van der Waals surface area contributed by atoms with Gasteiger partial charge in [-0.05, 0) is 0 Å². The molecular formula is C2H6AlI3OS. The quantitative estimate of drug-likeness (QED) is 0.246. The molecule has 0 bridgehead atoms. The summed E-state index contributed by atoms with van der Waals surface area (Å²) in [6, 6.07) is 0. The van der Waals surface area contributed by atoms with Gasteiger partial charge < -0.3 is 71.9 Å². The Balaban J connectivity index is -0.00000000750. The van der Waals surface area contributed by atoms with Crippen molar-refractivity contribution in [1.82, 2.24) is 0 Å². The van der Waals surface area contributed by atoms with Gasteiger partial charge in [0.05, 0.1) is 0 Å². The third-order valence-electron chi connectivity index (χ3n) is 0. The van der Waals surface area contributed by atoms with Gasteiger partial charge in [0.1, 0.15) is 0 Å². The monoisotopic (exact) mass is 486 g/mol. The van der Waals surface area contributed by atoms with Gasteiger partial charge in [-0.15, -0.1) is 0 Å².